The highest BCUT2D eigenvalue weighted by Crippen LogP contribution is 2.29. The number of carbonyl (C=O) groups is 2. The lowest BCUT2D eigenvalue weighted by molar-refractivity contribution is -0.137. The van der Waals surface area contributed by atoms with Gasteiger partial charge in [-0.25, -0.2) is 14.4 Å². The normalized spacial score (nSPS) is 12.6. The fourth-order valence-corrected chi connectivity index (χ4v) is 3.47. The summed E-state index contributed by atoms with van der Waals surface area (Å²) >= 11 is 0. The number of hydrogen-bond donors (Lipinski definition) is 1. The Morgan fingerprint density at radius 2 is 1.85 bits per heavy atom. The zero-order valence-corrected chi connectivity index (χ0v) is 20.9. The lowest BCUT2D eigenvalue weighted by Crippen LogP contribution is -2.45. The summed E-state index contributed by atoms with van der Waals surface area (Å²) in [5.41, 5.74) is 0.791. The van der Waals surface area contributed by atoms with Crippen molar-refractivity contribution in [2.45, 2.75) is 92.2 Å². The predicted octanol–water partition coefficient (Wildman–Crippen LogP) is 5.68. The van der Waals surface area contributed by atoms with Crippen LogP contribution >= 0.6 is 0 Å². The molecule has 0 aliphatic heterocycles. The number of benzene rings is 1. The van der Waals surface area contributed by atoms with Crippen LogP contribution in [-0.4, -0.2) is 23.7 Å². The van der Waals surface area contributed by atoms with E-state index in [1.165, 1.54) is 6.07 Å². The molecule has 0 aliphatic carbocycles. The van der Waals surface area contributed by atoms with Crippen molar-refractivity contribution >= 4 is 23.0 Å². The first kappa shape index (κ1) is 26.4. The molecule has 1 amide bonds. The standard InChI is InChI=1S/C26H37NO6/c1-8-9-10-18-15-22(28)32-23-17(4)21(14-12-19(18)23)31-24(29)20(13-11-16(2)3)27-25(30)33-26(5,6)7/h12,14-16,20H,8-11,13H2,1-7H3,(H,27,30)/t20-/m1/s1. The minimum absolute atomic E-state index is 0.295. The van der Waals surface area contributed by atoms with Crippen molar-refractivity contribution < 1.29 is 23.5 Å². The Bertz CT molecular complexity index is 1030. The number of esters is 1. The maximum Gasteiger partial charge on any atom is 0.408 e. The highest BCUT2D eigenvalue weighted by atomic mass is 16.6. The fourth-order valence-electron chi connectivity index (χ4n) is 3.47. The second-order valence-electron chi connectivity index (χ2n) is 9.85. The monoisotopic (exact) mass is 459 g/mol. The molecule has 0 unspecified atom stereocenters. The smallest absolute Gasteiger partial charge is 0.408 e. The first-order chi connectivity index (χ1) is 15.4. The Morgan fingerprint density at radius 3 is 2.45 bits per heavy atom. The van der Waals surface area contributed by atoms with Gasteiger partial charge in [-0.3, -0.25) is 0 Å². The summed E-state index contributed by atoms with van der Waals surface area (Å²) in [4.78, 5) is 37.4. The van der Waals surface area contributed by atoms with Gasteiger partial charge >= 0.3 is 17.7 Å². The minimum Gasteiger partial charge on any atom is -0.444 e. The van der Waals surface area contributed by atoms with Gasteiger partial charge in [-0.2, -0.15) is 0 Å². The van der Waals surface area contributed by atoms with Crippen molar-refractivity contribution in [3.63, 3.8) is 0 Å². The van der Waals surface area contributed by atoms with E-state index in [2.05, 4.69) is 12.2 Å². The van der Waals surface area contributed by atoms with Gasteiger partial charge in [0.1, 0.15) is 23.0 Å². The van der Waals surface area contributed by atoms with Crippen molar-refractivity contribution in [2.24, 2.45) is 5.92 Å². The molecule has 1 atom stereocenters. The SMILES string of the molecule is CCCCc1cc(=O)oc2c(C)c(OC(=O)[C@@H](CCC(C)C)NC(=O)OC(C)(C)C)ccc12. The Morgan fingerprint density at radius 1 is 1.15 bits per heavy atom. The predicted molar refractivity (Wildman–Crippen MR) is 129 cm³/mol. The molecule has 2 rings (SSSR count). The maximum atomic E-state index is 13.0. The van der Waals surface area contributed by atoms with Crippen LogP contribution in [-0.2, 0) is 16.0 Å². The van der Waals surface area contributed by atoms with E-state index < -0.39 is 29.3 Å². The molecule has 0 saturated heterocycles. The van der Waals surface area contributed by atoms with Crippen LogP contribution in [0.1, 0.15) is 78.4 Å². The number of alkyl carbamates (subject to hydrolysis) is 1. The van der Waals surface area contributed by atoms with Crippen molar-refractivity contribution in [3.05, 3.63) is 39.7 Å². The van der Waals surface area contributed by atoms with Crippen LogP contribution in [0.4, 0.5) is 4.79 Å². The van der Waals surface area contributed by atoms with Crippen molar-refractivity contribution in [1.29, 1.82) is 0 Å². The first-order valence-electron chi connectivity index (χ1n) is 11.7. The van der Waals surface area contributed by atoms with Gasteiger partial charge in [0.15, 0.2) is 0 Å². The molecule has 0 spiro atoms. The van der Waals surface area contributed by atoms with Crippen LogP contribution in [0.15, 0.2) is 27.4 Å². The van der Waals surface area contributed by atoms with Gasteiger partial charge in [-0.05, 0) is 77.0 Å². The number of aryl methyl sites for hydroxylation is 2. The Labute approximate surface area is 195 Å². The van der Waals surface area contributed by atoms with Crippen molar-refractivity contribution in [2.75, 3.05) is 0 Å². The lowest BCUT2D eigenvalue weighted by atomic mass is 10.0. The quantitative estimate of drug-likeness (QED) is 0.294. The zero-order valence-electron chi connectivity index (χ0n) is 20.9. The van der Waals surface area contributed by atoms with Gasteiger partial charge in [-0.1, -0.05) is 27.2 Å². The van der Waals surface area contributed by atoms with Crippen LogP contribution in [0.5, 0.6) is 5.75 Å². The molecule has 1 aromatic heterocycles. The van der Waals surface area contributed by atoms with Crippen LogP contribution in [0.3, 0.4) is 0 Å². The van der Waals surface area contributed by atoms with Gasteiger partial charge in [0, 0.05) is 17.0 Å². The van der Waals surface area contributed by atoms with Crippen LogP contribution in [0.25, 0.3) is 11.0 Å². The van der Waals surface area contributed by atoms with Gasteiger partial charge in [0.05, 0.1) is 0 Å². The van der Waals surface area contributed by atoms with Gasteiger partial charge in [0.2, 0.25) is 0 Å². The number of amides is 1. The van der Waals surface area contributed by atoms with E-state index in [1.807, 2.05) is 19.9 Å². The molecule has 7 nitrogen and oxygen atoms in total. The van der Waals surface area contributed by atoms with Crippen LogP contribution < -0.4 is 15.7 Å². The van der Waals surface area contributed by atoms with E-state index >= 15 is 0 Å². The van der Waals surface area contributed by atoms with Gasteiger partial charge < -0.3 is 19.2 Å². The van der Waals surface area contributed by atoms with E-state index in [0.29, 0.717) is 29.2 Å². The fraction of sp³-hybridized carbons (Fsp3) is 0.577. The summed E-state index contributed by atoms with van der Waals surface area (Å²) in [6.45, 7) is 13.2. The van der Waals surface area contributed by atoms with E-state index in [1.54, 1.807) is 33.8 Å². The molecule has 1 heterocycles. The molecule has 7 heteroatoms. The molecule has 1 aromatic carbocycles. The average Bonchev–Trinajstić information content (AvgIpc) is 2.70. The number of carbonyl (C=O) groups excluding carboxylic acids is 2. The number of fused-ring (bicyclic) bond motifs is 1. The van der Waals surface area contributed by atoms with Crippen molar-refractivity contribution in [3.8, 4) is 5.75 Å². The third-order valence-corrected chi connectivity index (χ3v) is 5.22. The molecule has 0 radical (unpaired) electrons. The van der Waals surface area contributed by atoms with E-state index in [-0.39, 0.29) is 0 Å². The van der Waals surface area contributed by atoms with E-state index in [4.69, 9.17) is 13.9 Å². The topological polar surface area (TPSA) is 94.8 Å². The Balaban J connectivity index is 2.30. The lowest BCUT2D eigenvalue weighted by Gasteiger charge is -2.23. The Hall–Kier alpha value is -2.83. The van der Waals surface area contributed by atoms with Gasteiger partial charge in [0.25, 0.3) is 0 Å². The molecule has 0 saturated carbocycles. The summed E-state index contributed by atoms with van der Waals surface area (Å²) in [5.74, 6) is 0.0521. The second-order valence-corrected chi connectivity index (χ2v) is 9.85. The zero-order chi connectivity index (χ0) is 24.8. The molecule has 0 bridgehead atoms. The van der Waals surface area contributed by atoms with Gasteiger partial charge in [-0.15, -0.1) is 0 Å². The molecule has 182 valence electrons. The average molecular weight is 460 g/mol. The number of ether oxygens (including phenoxy) is 2. The highest BCUT2D eigenvalue weighted by Gasteiger charge is 2.27. The molecular formula is C26H37NO6. The summed E-state index contributed by atoms with van der Waals surface area (Å²) in [7, 11) is 0. The number of hydrogen-bond acceptors (Lipinski definition) is 6. The summed E-state index contributed by atoms with van der Waals surface area (Å²) in [6, 6.07) is 4.18. The molecule has 0 fully saturated rings. The van der Waals surface area contributed by atoms with E-state index in [9.17, 15) is 14.4 Å². The van der Waals surface area contributed by atoms with Crippen LogP contribution in [0, 0.1) is 12.8 Å². The minimum atomic E-state index is -0.861. The molecule has 33 heavy (non-hydrogen) atoms. The summed E-state index contributed by atoms with van der Waals surface area (Å²) in [5, 5.41) is 3.47. The molecule has 2 aromatic rings. The maximum absolute atomic E-state index is 13.0. The number of nitrogens with one attached hydrogen (secondary N) is 1. The number of unbranched alkanes of at least 4 members (excludes halogenated alkanes) is 1. The number of rotatable bonds is 9. The third kappa shape index (κ3) is 7.91. The second kappa shape index (κ2) is 11.3. The van der Waals surface area contributed by atoms with Crippen LogP contribution in [0.2, 0.25) is 0 Å². The van der Waals surface area contributed by atoms with Crippen molar-refractivity contribution in [1.82, 2.24) is 5.32 Å². The first-order valence-corrected chi connectivity index (χ1v) is 11.7. The molecule has 1 N–H and O–H groups in total. The highest BCUT2D eigenvalue weighted by molar-refractivity contribution is 5.87. The summed E-state index contributed by atoms with van der Waals surface area (Å²) in [6.07, 6.45) is 3.21. The largest absolute Gasteiger partial charge is 0.444 e. The van der Waals surface area contributed by atoms with E-state index in [0.717, 1.165) is 36.6 Å². The Kier molecular flexibility index (Phi) is 9.08. The third-order valence-electron chi connectivity index (χ3n) is 5.22. The molecule has 0 aliphatic rings. The summed E-state index contributed by atoms with van der Waals surface area (Å²) < 4.78 is 16.4. The molecular weight excluding hydrogens is 422 g/mol.